The highest BCUT2D eigenvalue weighted by Crippen LogP contribution is 2.28. The van der Waals surface area contributed by atoms with Gasteiger partial charge in [-0.15, -0.1) is 0 Å². The summed E-state index contributed by atoms with van der Waals surface area (Å²) in [5.74, 6) is 0. The number of halogens is 1. The van der Waals surface area contributed by atoms with Gasteiger partial charge in [-0.3, -0.25) is 4.72 Å². The number of nitrogens with one attached hydrogen (secondary N) is 1. The van der Waals surface area contributed by atoms with E-state index in [0.717, 1.165) is 11.3 Å². The van der Waals surface area contributed by atoms with Crippen LogP contribution in [-0.2, 0) is 10.0 Å². The molecule has 0 saturated heterocycles. The van der Waals surface area contributed by atoms with E-state index < -0.39 is 10.0 Å². The van der Waals surface area contributed by atoms with Crippen molar-refractivity contribution < 1.29 is 8.42 Å². The summed E-state index contributed by atoms with van der Waals surface area (Å²) < 4.78 is 30.3. The Labute approximate surface area is 158 Å². The van der Waals surface area contributed by atoms with Gasteiger partial charge in [-0.2, -0.15) is 5.10 Å². The zero-order chi connectivity index (χ0) is 19.1. The highest BCUT2D eigenvalue weighted by molar-refractivity contribution is 7.92. The van der Waals surface area contributed by atoms with E-state index in [9.17, 15) is 8.42 Å². The summed E-state index contributed by atoms with van der Waals surface area (Å²) in [6, 6.07) is 12.9. The lowest BCUT2D eigenvalue weighted by molar-refractivity contribution is 0.600. The molecule has 1 heterocycles. The summed E-state index contributed by atoms with van der Waals surface area (Å²) in [6.07, 6.45) is 0. The second-order valence-corrected chi connectivity index (χ2v) is 8.29. The largest absolute Gasteiger partial charge is 0.279 e. The van der Waals surface area contributed by atoms with Crippen LogP contribution in [0, 0.1) is 27.7 Å². The van der Waals surface area contributed by atoms with Gasteiger partial charge in [0.15, 0.2) is 0 Å². The van der Waals surface area contributed by atoms with Gasteiger partial charge >= 0.3 is 0 Å². The molecule has 7 heteroatoms. The topological polar surface area (TPSA) is 64.0 Å². The molecule has 3 rings (SSSR count). The number of hydrogen-bond donors (Lipinski definition) is 1. The molecule has 0 unspecified atom stereocenters. The van der Waals surface area contributed by atoms with Crippen LogP contribution < -0.4 is 4.72 Å². The fraction of sp³-hybridized carbons (Fsp3) is 0.211. The smallest absolute Gasteiger partial charge is 0.265 e. The van der Waals surface area contributed by atoms with Crippen molar-refractivity contribution in [3.8, 4) is 5.69 Å². The molecule has 0 spiro atoms. The average Bonchev–Trinajstić information content (AvgIpc) is 2.88. The molecule has 0 saturated carbocycles. The van der Waals surface area contributed by atoms with Crippen molar-refractivity contribution in [2.45, 2.75) is 32.6 Å². The first-order valence-corrected chi connectivity index (χ1v) is 9.98. The van der Waals surface area contributed by atoms with E-state index in [0.29, 0.717) is 27.7 Å². The summed E-state index contributed by atoms with van der Waals surface area (Å²) >= 11 is 6.10. The minimum Gasteiger partial charge on any atom is -0.279 e. The van der Waals surface area contributed by atoms with Crippen LogP contribution in [0.2, 0.25) is 5.02 Å². The molecule has 0 radical (unpaired) electrons. The van der Waals surface area contributed by atoms with E-state index >= 15 is 0 Å². The Morgan fingerprint density at radius 2 is 1.65 bits per heavy atom. The van der Waals surface area contributed by atoms with E-state index in [4.69, 9.17) is 11.6 Å². The predicted molar refractivity (Wildman–Crippen MR) is 105 cm³/mol. The number of nitrogens with zero attached hydrogens (tertiary/aromatic N) is 2. The fourth-order valence-corrected chi connectivity index (χ4v) is 4.56. The number of benzene rings is 2. The lowest BCUT2D eigenvalue weighted by Crippen LogP contribution is -2.15. The summed E-state index contributed by atoms with van der Waals surface area (Å²) in [6.45, 7) is 7.21. The molecule has 3 aromatic rings. The van der Waals surface area contributed by atoms with Crippen LogP contribution in [0.15, 0.2) is 47.4 Å². The third kappa shape index (κ3) is 3.34. The molecule has 2 aromatic carbocycles. The van der Waals surface area contributed by atoms with Gasteiger partial charge in [0.25, 0.3) is 10.0 Å². The van der Waals surface area contributed by atoms with Gasteiger partial charge in [0, 0.05) is 5.02 Å². The lowest BCUT2D eigenvalue weighted by Gasteiger charge is -2.12. The molecular weight excluding hydrogens is 370 g/mol. The van der Waals surface area contributed by atoms with Gasteiger partial charge in [-0.25, -0.2) is 13.1 Å². The first kappa shape index (κ1) is 18.5. The van der Waals surface area contributed by atoms with Gasteiger partial charge in [0.2, 0.25) is 0 Å². The number of sulfonamides is 1. The lowest BCUT2D eigenvalue weighted by atomic mass is 10.2. The van der Waals surface area contributed by atoms with E-state index in [1.54, 1.807) is 43.7 Å². The van der Waals surface area contributed by atoms with Crippen molar-refractivity contribution in [3.05, 3.63) is 70.0 Å². The van der Waals surface area contributed by atoms with Crippen LogP contribution in [0.1, 0.15) is 22.5 Å². The minimum atomic E-state index is -3.80. The maximum Gasteiger partial charge on any atom is 0.265 e. The second-order valence-electron chi connectivity index (χ2n) is 6.27. The Balaban J connectivity index is 2.06. The van der Waals surface area contributed by atoms with Crippen molar-refractivity contribution in [1.82, 2.24) is 9.78 Å². The van der Waals surface area contributed by atoms with Crippen molar-refractivity contribution >= 4 is 27.3 Å². The maximum absolute atomic E-state index is 13.0. The Bertz CT molecular complexity index is 1070. The Morgan fingerprint density at radius 1 is 1.00 bits per heavy atom. The first-order chi connectivity index (χ1) is 12.2. The molecule has 0 aliphatic rings. The van der Waals surface area contributed by atoms with E-state index in [-0.39, 0.29) is 4.90 Å². The molecule has 0 amide bonds. The number of rotatable bonds is 4. The van der Waals surface area contributed by atoms with Gasteiger partial charge in [0.1, 0.15) is 4.90 Å². The van der Waals surface area contributed by atoms with Gasteiger partial charge in [-0.05, 0) is 57.5 Å². The van der Waals surface area contributed by atoms with Gasteiger partial charge in [0.05, 0.1) is 22.8 Å². The monoisotopic (exact) mass is 389 g/mol. The zero-order valence-electron chi connectivity index (χ0n) is 15.0. The van der Waals surface area contributed by atoms with E-state index in [1.807, 2.05) is 31.2 Å². The summed E-state index contributed by atoms with van der Waals surface area (Å²) in [4.78, 5) is 0.178. The molecule has 5 nitrogen and oxygen atoms in total. The van der Waals surface area contributed by atoms with Crippen LogP contribution >= 0.6 is 11.6 Å². The molecule has 0 aliphatic carbocycles. The van der Waals surface area contributed by atoms with Crippen LogP contribution in [0.5, 0.6) is 0 Å². The number of aryl methyl sites for hydroxylation is 2. The highest BCUT2D eigenvalue weighted by atomic mass is 35.5. The van der Waals surface area contributed by atoms with Crippen molar-refractivity contribution in [2.24, 2.45) is 0 Å². The number of anilines is 1. The number of aromatic nitrogens is 2. The Hall–Kier alpha value is -2.31. The summed E-state index contributed by atoms with van der Waals surface area (Å²) in [7, 11) is -3.80. The molecule has 136 valence electrons. The Morgan fingerprint density at radius 3 is 2.31 bits per heavy atom. The fourth-order valence-electron chi connectivity index (χ4n) is 2.87. The SMILES string of the molecule is Cc1ccc(-n2nc(C)c(S(=O)(=O)Nc3cccc(Cl)c3C)c2C)cc1. The third-order valence-electron chi connectivity index (χ3n) is 4.28. The molecule has 1 N–H and O–H groups in total. The molecule has 26 heavy (non-hydrogen) atoms. The summed E-state index contributed by atoms with van der Waals surface area (Å²) in [5, 5.41) is 4.94. The molecule has 0 fully saturated rings. The van der Waals surface area contributed by atoms with E-state index in [1.165, 1.54) is 0 Å². The molecular formula is C19H20ClN3O2S. The van der Waals surface area contributed by atoms with E-state index in [2.05, 4.69) is 9.82 Å². The Kier molecular flexibility index (Phi) is 4.82. The average molecular weight is 390 g/mol. The molecule has 0 aliphatic heterocycles. The highest BCUT2D eigenvalue weighted by Gasteiger charge is 2.26. The zero-order valence-corrected chi connectivity index (χ0v) is 16.6. The molecule has 1 aromatic heterocycles. The molecule has 0 bridgehead atoms. The maximum atomic E-state index is 13.0. The first-order valence-electron chi connectivity index (χ1n) is 8.12. The van der Waals surface area contributed by atoms with Crippen LogP contribution in [0.3, 0.4) is 0 Å². The summed E-state index contributed by atoms with van der Waals surface area (Å²) in [5.41, 5.74) is 4.07. The van der Waals surface area contributed by atoms with Gasteiger partial charge < -0.3 is 0 Å². The van der Waals surface area contributed by atoms with Crippen LogP contribution in [0.4, 0.5) is 5.69 Å². The standard InChI is InChI=1S/C19H20ClN3O2S/c1-12-8-10-16(11-9-12)23-15(4)19(14(3)21-23)26(24,25)22-18-7-5-6-17(20)13(18)2/h5-11,22H,1-4H3. The normalized spacial score (nSPS) is 11.6. The van der Waals surface area contributed by atoms with Crippen LogP contribution in [-0.4, -0.2) is 18.2 Å². The molecule has 0 atom stereocenters. The van der Waals surface area contributed by atoms with Gasteiger partial charge in [-0.1, -0.05) is 35.4 Å². The van der Waals surface area contributed by atoms with Crippen LogP contribution in [0.25, 0.3) is 5.69 Å². The second kappa shape index (κ2) is 6.78. The van der Waals surface area contributed by atoms with Crippen molar-refractivity contribution in [3.63, 3.8) is 0 Å². The van der Waals surface area contributed by atoms with Crippen molar-refractivity contribution in [1.29, 1.82) is 0 Å². The predicted octanol–water partition coefficient (Wildman–Crippen LogP) is 4.56. The van der Waals surface area contributed by atoms with Crippen molar-refractivity contribution in [2.75, 3.05) is 4.72 Å². The minimum absolute atomic E-state index is 0.178. The quantitative estimate of drug-likeness (QED) is 0.711. The third-order valence-corrected chi connectivity index (χ3v) is 6.31. The number of hydrogen-bond acceptors (Lipinski definition) is 3.